The smallest absolute Gasteiger partial charge is 0.335 e. The maximum atomic E-state index is 13.2. The average molecular weight is 401 g/mol. The van der Waals surface area contributed by atoms with E-state index >= 15 is 0 Å². The molecule has 148 valence electrons. The van der Waals surface area contributed by atoms with Gasteiger partial charge in [0.25, 0.3) is 10.0 Å². The lowest BCUT2D eigenvalue weighted by Gasteiger charge is -2.30. The van der Waals surface area contributed by atoms with Crippen LogP contribution >= 0.6 is 0 Å². The summed E-state index contributed by atoms with van der Waals surface area (Å²) in [5, 5.41) is 9.39. The fourth-order valence-electron chi connectivity index (χ4n) is 4.20. The van der Waals surface area contributed by atoms with Gasteiger partial charge in [-0.3, -0.25) is 4.72 Å². The number of nitrogens with zero attached hydrogens (tertiary/aromatic N) is 1. The molecule has 6 nitrogen and oxygen atoms in total. The number of aromatic carboxylic acids is 1. The summed E-state index contributed by atoms with van der Waals surface area (Å²) in [5.74, 6) is -1.11. The van der Waals surface area contributed by atoms with Gasteiger partial charge in [-0.1, -0.05) is 12.1 Å². The standard InChI is InChI=1S/C21H24N2O4S/c24-21(25)16-13-15-7-6-8-17(15)20(14-16)28(26,27)22-18-9-2-3-10-19(18)23-11-4-1-5-12-23/h2-3,9-10,13-14,22H,1,4-8,11-12H2,(H,24,25). The summed E-state index contributed by atoms with van der Waals surface area (Å²) in [4.78, 5) is 13.8. The molecule has 2 aliphatic rings. The number of nitrogens with one attached hydrogen (secondary N) is 1. The van der Waals surface area contributed by atoms with Gasteiger partial charge in [-0.25, -0.2) is 13.2 Å². The number of carbonyl (C=O) groups is 1. The molecule has 0 saturated carbocycles. The van der Waals surface area contributed by atoms with Gasteiger partial charge in [-0.05, 0) is 73.9 Å². The normalized spacial score (nSPS) is 16.6. The van der Waals surface area contributed by atoms with Gasteiger partial charge in [0.15, 0.2) is 0 Å². The Balaban J connectivity index is 1.73. The lowest BCUT2D eigenvalue weighted by Crippen LogP contribution is -2.30. The van der Waals surface area contributed by atoms with Gasteiger partial charge in [0.1, 0.15) is 0 Å². The zero-order valence-electron chi connectivity index (χ0n) is 15.6. The number of aryl methyl sites for hydroxylation is 1. The highest BCUT2D eigenvalue weighted by molar-refractivity contribution is 7.92. The Morgan fingerprint density at radius 2 is 1.75 bits per heavy atom. The summed E-state index contributed by atoms with van der Waals surface area (Å²) in [6, 6.07) is 10.3. The molecule has 1 aliphatic carbocycles. The second kappa shape index (κ2) is 7.47. The molecular weight excluding hydrogens is 376 g/mol. The van der Waals surface area contributed by atoms with Crippen molar-refractivity contribution in [2.75, 3.05) is 22.7 Å². The van der Waals surface area contributed by atoms with Crippen molar-refractivity contribution in [3.8, 4) is 0 Å². The number of hydrogen-bond donors (Lipinski definition) is 2. The third-order valence-electron chi connectivity index (χ3n) is 5.56. The van der Waals surface area contributed by atoms with E-state index in [-0.39, 0.29) is 10.5 Å². The lowest BCUT2D eigenvalue weighted by molar-refractivity contribution is 0.0696. The Bertz CT molecular complexity index is 1010. The van der Waals surface area contributed by atoms with E-state index in [1.54, 1.807) is 12.1 Å². The number of carboxylic acid groups (broad SMARTS) is 1. The van der Waals surface area contributed by atoms with E-state index in [1.165, 1.54) is 12.5 Å². The van der Waals surface area contributed by atoms with Crippen molar-refractivity contribution in [1.82, 2.24) is 0 Å². The fraction of sp³-hybridized carbons (Fsp3) is 0.381. The maximum absolute atomic E-state index is 13.2. The first-order valence-electron chi connectivity index (χ1n) is 9.71. The van der Waals surface area contributed by atoms with Crippen LogP contribution in [0.3, 0.4) is 0 Å². The largest absolute Gasteiger partial charge is 0.478 e. The Hall–Kier alpha value is -2.54. The third kappa shape index (κ3) is 3.58. The van der Waals surface area contributed by atoms with Crippen LogP contribution in [-0.4, -0.2) is 32.6 Å². The van der Waals surface area contributed by atoms with E-state index in [0.717, 1.165) is 49.2 Å². The molecule has 1 heterocycles. The van der Waals surface area contributed by atoms with Gasteiger partial charge in [0, 0.05) is 13.1 Å². The first-order chi connectivity index (χ1) is 13.5. The quantitative estimate of drug-likeness (QED) is 0.800. The molecule has 0 aromatic heterocycles. The van der Waals surface area contributed by atoms with Crippen LogP contribution < -0.4 is 9.62 Å². The molecule has 7 heteroatoms. The van der Waals surface area contributed by atoms with Gasteiger partial charge in [0.05, 0.1) is 21.8 Å². The van der Waals surface area contributed by atoms with Gasteiger partial charge >= 0.3 is 5.97 Å². The van der Waals surface area contributed by atoms with Crippen LogP contribution in [0.2, 0.25) is 0 Å². The highest BCUT2D eigenvalue weighted by Crippen LogP contribution is 2.34. The number of sulfonamides is 1. The van der Waals surface area contributed by atoms with Gasteiger partial charge < -0.3 is 10.0 Å². The van der Waals surface area contributed by atoms with Crippen LogP contribution in [0.1, 0.15) is 47.2 Å². The van der Waals surface area contributed by atoms with Gasteiger partial charge in [-0.15, -0.1) is 0 Å². The number of anilines is 2. The summed E-state index contributed by atoms with van der Waals surface area (Å²) < 4.78 is 29.2. The SMILES string of the molecule is O=C(O)c1cc2c(c(S(=O)(=O)Nc3ccccc3N3CCCCC3)c1)CCC2. The molecule has 2 aromatic rings. The first kappa shape index (κ1) is 18.8. The van der Waals surface area contributed by atoms with Crippen LogP contribution in [0.25, 0.3) is 0 Å². The first-order valence-corrected chi connectivity index (χ1v) is 11.2. The second-order valence-corrected chi connectivity index (χ2v) is 9.09. The Kier molecular flexibility index (Phi) is 5.02. The molecular formula is C21H24N2O4S. The summed E-state index contributed by atoms with van der Waals surface area (Å²) >= 11 is 0. The van der Waals surface area contributed by atoms with Crippen LogP contribution in [0.4, 0.5) is 11.4 Å². The summed E-state index contributed by atoms with van der Waals surface area (Å²) in [5.41, 5.74) is 3.00. The highest BCUT2D eigenvalue weighted by atomic mass is 32.2. The minimum absolute atomic E-state index is 0.0188. The number of fused-ring (bicyclic) bond motifs is 1. The van der Waals surface area contributed by atoms with Crippen LogP contribution in [0.15, 0.2) is 41.3 Å². The van der Waals surface area contributed by atoms with Crippen molar-refractivity contribution < 1.29 is 18.3 Å². The second-order valence-electron chi connectivity index (χ2n) is 7.44. The van der Waals surface area contributed by atoms with E-state index in [0.29, 0.717) is 18.5 Å². The molecule has 28 heavy (non-hydrogen) atoms. The molecule has 0 spiro atoms. The molecule has 1 saturated heterocycles. The van der Waals surface area contributed by atoms with E-state index in [1.807, 2.05) is 18.2 Å². The molecule has 4 rings (SSSR count). The summed E-state index contributed by atoms with van der Waals surface area (Å²) in [6.45, 7) is 1.81. The van der Waals surface area contributed by atoms with Crippen molar-refractivity contribution in [2.24, 2.45) is 0 Å². The van der Waals surface area contributed by atoms with Crippen molar-refractivity contribution >= 4 is 27.4 Å². The van der Waals surface area contributed by atoms with Crippen molar-refractivity contribution in [1.29, 1.82) is 0 Å². The molecule has 0 bridgehead atoms. The molecule has 1 aliphatic heterocycles. The lowest BCUT2D eigenvalue weighted by atomic mass is 10.1. The molecule has 0 radical (unpaired) electrons. The van der Waals surface area contributed by atoms with E-state index in [9.17, 15) is 18.3 Å². The number of carboxylic acids is 1. The van der Waals surface area contributed by atoms with Crippen LogP contribution in [-0.2, 0) is 22.9 Å². The predicted molar refractivity (Wildman–Crippen MR) is 109 cm³/mol. The average Bonchev–Trinajstić information content (AvgIpc) is 3.16. The number of hydrogen-bond acceptors (Lipinski definition) is 4. The summed E-state index contributed by atoms with van der Waals surface area (Å²) in [7, 11) is -3.90. The van der Waals surface area contributed by atoms with Crippen LogP contribution in [0.5, 0.6) is 0 Å². The fourth-order valence-corrected chi connectivity index (χ4v) is 5.61. The van der Waals surface area contributed by atoms with Crippen molar-refractivity contribution in [2.45, 2.75) is 43.4 Å². The third-order valence-corrected chi connectivity index (χ3v) is 6.99. The minimum atomic E-state index is -3.90. The van der Waals surface area contributed by atoms with E-state index < -0.39 is 16.0 Å². The summed E-state index contributed by atoms with van der Waals surface area (Å²) in [6.07, 6.45) is 5.58. The monoisotopic (exact) mass is 400 g/mol. The number of rotatable bonds is 5. The molecule has 0 atom stereocenters. The number of benzene rings is 2. The minimum Gasteiger partial charge on any atom is -0.478 e. The molecule has 2 aromatic carbocycles. The molecule has 0 unspecified atom stereocenters. The molecule has 1 fully saturated rings. The maximum Gasteiger partial charge on any atom is 0.335 e. The van der Waals surface area contributed by atoms with Crippen molar-refractivity contribution in [3.63, 3.8) is 0 Å². The Morgan fingerprint density at radius 3 is 2.50 bits per heavy atom. The van der Waals surface area contributed by atoms with Gasteiger partial charge in [-0.2, -0.15) is 0 Å². The van der Waals surface area contributed by atoms with E-state index in [4.69, 9.17) is 0 Å². The van der Waals surface area contributed by atoms with Gasteiger partial charge in [0.2, 0.25) is 0 Å². The topological polar surface area (TPSA) is 86.7 Å². The Labute approximate surface area is 165 Å². The van der Waals surface area contributed by atoms with Crippen molar-refractivity contribution in [3.05, 3.63) is 53.1 Å². The Morgan fingerprint density at radius 1 is 1.00 bits per heavy atom. The van der Waals surface area contributed by atoms with E-state index in [2.05, 4.69) is 9.62 Å². The molecule has 2 N–H and O–H groups in total. The predicted octanol–water partition coefficient (Wildman–Crippen LogP) is 3.66. The number of piperidine rings is 1. The number of para-hydroxylation sites is 2. The highest BCUT2D eigenvalue weighted by Gasteiger charge is 2.27. The van der Waals surface area contributed by atoms with Crippen LogP contribution in [0, 0.1) is 0 Å². The zero-order valence-corrected chi connectivity index (χ0v) is 16.5. The molecule has 0 amide bonds. The zero-order chi connectivity index (χ0) is 19.7.